The van der Waals surface area contributed by atoms with E-state index in [0.29, 0.717) is 22.1 Å². The van der Waals surface area contributed by atoms with Gasteiger partial charge in [0.25, 0.3) is 0 Å². The van der Waals surface area contributed by atoms with Gasteiger partial charge in [0.15, 0.2) is 5.78 Å². The largest absolute Gasteiger partial charge is 0.406 e. The standard InChI is InChI=1S/C15H19F3N4OS/c1-8(2)13-19-14(21-20-13)24-6-12(23)11-5-9(3)22(10(11)4)7-15(16,17)18/h5,8H,6-7H2,1-4H3,(H,19,20,21). The number of nitrogens with zero attached hydrogens (tertiary/aromatic N) is 3. The van der Waals surface area contributed by atoms with E-state index in [9.17, 15) is 18.0 Å². The van der Waals surface area contributed by atoms with Crippen LogP contribution in [0.1, 0.15) is 47.3 Å². The second-order valence-corrected chi connectivity index (χ2v) is 6.80. The van der Waals surface area contributed by atoms with Gasteiger partial charge in [0.1, 0.15) is 12.4 Å². The predicted molar refractivity (Wildman–Crippen MR) is 85.5 cm³/mol. The van der Waals surface area contributed by atoms with Crippen LogP contribution in [0.5, 0.6) is 0 Å². The maximum Gasteiger partial charge on any atom is 0.406 e. The highest BCUT2D eigenvalue weighted by Gasteiger charge is 2.30. The molecule has 2 rings (SSSR count). The minimum Gasteiger partial charge on any atom is -0.339 e. The summed E-state index contributed by atoms with van der Waals surface area (Å²) in [6, 6.07) is 1.50. The molecule has 0 amide bonds. The average molecular weight is 360 g/mol. The van der Waals surface area contributed by atoms with Crippen LogP contribution in [0.2, 0.25) is 0 Å². The number of hydrogen-bond acceptors (Lipinski definition) is 4. The molecule has 0 radical (unpaired) electrons. The fraction of sp³-hybridized carbons (Fsp3) is 0.533. The topological polar surface area (TPSA) is 63.6 Å². The number of nitrogens with one attached hydrogen (secondary N) is 1. The number of alkyl halides is 3. The van der Waals surface area contributed by atoms with Crippen LogP contribution in [-0.2, 0) is 6.54 Å². The highest BCUT2D eigenvalue weighted by atomic mass is 32.2. The lowest BCUT2D eigenvalue weighted by molar-refractivity contribution is -0.141. The van der Waals surface area contributed by atoms with E-state index in [0.717, 1.165) is 22.2 Å². The first-order valence-corrected chi connectivity index (χ1v) is 8.39. The number of aromatic nitrogens is 4. The fourth-order valence-corrected chi connectivity index (χ4v) is 2.98. The molecule has 0 bridgehead atoms. The SMILES string of the molecule is Cc1cc(C(=O)CSc2n[nH]c(C(C)C)n2)c(C)n1CC(F)(F)F. The second-order valence-electron chi connectivity index (χ2n) is 5.86. The van der Waals surface area contributed by atoms with E-state index in [1.165, 1.54) is 13.0 Å². The highest BCUT2D eigenvalue weighted by Crippen LogP contribution is 2.25. The quantitative estimate of drug-likeness (QED) is 0.627. The number of aromatic amines is 1. The summed E-state index contributed by atoms with van der Waals surface area (Å²) in [6.07, 6.45) is -4.32. The second kappa shape index (κ2) is 7.00. The van der Waals surface area contributed by atoms with Crippen molar-refractivity contribution in [1.29, 1.82) is 0 Å². The summed E-state index contributed by atoms with van der Waals surface area (Å²) < 4.78 is 39.0. The van der Waals surface area contributed by atoms with Crippen molar-refractivity contribution in [2.24, 2.45) is 0 Å². The Kier molecular flexibility index (Phi) is 5.42. The Balaban J connectivity index is 2.08. The maximum absolute atomic E-state index is 12.6. The van der Waals surface area contributed by atoms with Crippen molar-refractivity contribution in [3.63, 3.8) is 0 Å². The smallest absolute Gasteiger partial charge is 0.339 e. The van der Waals surface area contributed by atoms with Crippen molar-refractivity contribution in [1.82, 2.24) is 19.7 Å². The lowest BCUT2D eigenvalue weighted by atomic mass is 10.2. The van der Waals surface area contributed by atoms with Crippen LogP contribution in [0.4, 0.5) is 13.2 Å². The molecule has 0 atom stereocenters. The summed E-state index contributed by atoms with van der Waals surface area (Å²) in [5, 5.41) is 7.27. The van der Waals surface area contributed by atoms with Crippen LogP contribution in [0.15, 0.2) is 11.2 Å². The van der Waals surface area contributed by atoms with Gasteiger partial charge >= 0.3 is 6.18 Å². The zero-order valence-corrected chi connectivity index (χ0v) is 14.7. The Morgan fingerprint density at radius 1 is 1.38 bits per heavy atom. The van der Waals surface area contributed by atoms with Crippen molar-refractivity contribution >= 4 is 17.5 Å². The minimum atomic E-state index is -4.32. The third-order valence-electron chi connectivity index (χ3n) is 3.57. The summed E-state index contributed by atoms with van der Waals surface area (Å²) >= 11 is 1.16. The van der Waals surface area contributed by atoms with E-state index in [-0.39, 0.29) is 17.5 Å². The molecule has 5 nitrogen and oxygen atoms in total. The van der Waals surface area contributed by atoms with Crippen molar-refractivity contribution in [2.45, 2.75) is 51.5 Å². The first-order chi connectivity index (χ1) is 11.1. The first kappa shape index (κ1) is 18.6. The molecule has 9 heteroatoms. The van der Waals surface area contributed by atoms with E-state index in [4.69, 9.17) is 0 Å². The van der Waals surface area contributed by atoms with Gasteiger partial charge in [0, 0.05) is 22.9 Å². The van der Waals surface area contributed by atoms with E-state index in [2.05, 4.69) is 15.2 Å². The Labute approximate surface area is 142 Å². The molecule has 0 aliphatic rings. The van der Waals surface area contributed by atoms with Crippen LogP contribution in [0.25, 0.3) is 0 Å². The Hall–Kier alpha value is -1.77. The van der Waals surface area contributed by atoms with Gasteiger partial charge in [-0.1, -0.05) is 25.6 Å². The summed E-state index contributed by atoms with van der Waals surface area (Å²) in [4.78, 5) is 16.6. The Morgan fingerprint density at radius 2 is 2.04 bits per heavy atom. The molecular weight excluding hydrogens is 341 g/mol. The van der Waals surface area contributed by atoms with Crippen LogP contribution >= 0.6 is 11.8 Å². The monoisotopic (exact) mass is 360 g/mol. The molecule has 0 unspecified atom stereocenters. The third-order valence-corrected chi connectivity index (χ3v) is 4.42. The van der Waals surface area contributed by atoms with Crippen molar-refractivity contribution in [3.05, 3.63) is 28.8 Å². The molecule has 0 aliphatic carbocycles. The van der Waals surface area contributed by atoms with Gasteiger partial charge in [-0.05, 0) is 19.9 Å². The predicted octanol–water partition coefficient (Wildman–Crippen LogP) is 3.88. The number of Topliss-reactive ketones (excluding diaryl/α,β-unsaturated/α-hetero) is 1. The van der Waals surface area contributed by atoms with Crippen LogP contribution in [0, 0.1) is 13.8 Å². The van der Waals surface area contributed by atoms with Crippen LogP contribution in [-0.4, -0.2) is 37.5 Å². The number of rotatable bonds is 6. The molecule has 2 aromatic heterocycles. The number of thioether (sulfide) groups is 1. The number of carbonyl (C=O) groups is 1. The van der Waals surface area contributed by atoms with Gasteiger partial charge in [-0.15, -0.1) is 5.10 Å². The lowest BCUT2D eigenvalue weighted by Crippen LogP contribution is -2.19. The minimum absolute atomic E-state index is 0.0751. The number of ketones is 1. The highest BCUT2D eigenvalue weighted by molar-refractivity contribution is 7.99. The molecule has 0 spiro atoms. The van der Waals surface area contributed by atoms with E-state index >= 15 is 0 Å². The molecule has 0 fully saturated rings. The molecular formula is C15H19F3N4OS. The van der Waals surface area contributed by atoms with Crippen molar-refractivity contribution < 1.29 is 18.0 Å². The van der Waals surface area contributed by atoms with E-state index in [1.807, 2.05) is 13.8 Å². The molecule has 0 aromatic carbocycles. The van der Waals surface area contributed by atoms with Crippen LogP contribution in [0.3, 0.4) is 0 Å². The van der Waals surface area contributed by atoms with Gasteiger partial charge in [0.05, 0.1) is 5.75 Å². The summed E-state index contributed by atoms with van der Waals surface area (Å²) in [6.45, 7) is 5.93. The zero-order chi connectivity index (χ0) is 18.1. The number of hydrogen-bond donors (Lipinski definition) is 1. The first-order valence-electron chi connectivity index (χ1n) is 7.40. The third kappa shape index (κ3) is 4.40. The van der Waals surface area contributed by atoms with Gasteiger partial charge in [-0.25, -0.2) is 4.98 Å². The molecule has 0 saturated heterocycles. The lowest BCUT2D eigenvalue weighted by Gasteiger charge is -2.12. The average Bonchev–Trinajstić information content (AvgIpc) is 3.04. The zero-order valence-electron chi connectivity index (χ0n) is 13.9. The molecule has 2 aromatic rings. The van der Waals surface area contributed by atoms with Gasteiger partial charge in [0.2, 0.25) is 5.16 Å². The van der Waals surface area contributed by atoms with Gasteiger partial charge < -0.3 is 4.57 Å². The molecule has 0 saturated carbocycles. The molecule has 132 valence electrons. The summed E-state index contributed by atoms with van der Waals surface area (Å²) in [7, 11) is 0. The molecule has 2 heterocycles. The van der Waals surface area contributed by atoms with E-state index < -0.39 is 12.7 Å². The van der Waals surface area contributed by atoms with Gasteiger partial charge in [-0.2, -0.15) is 13.2 Å². The fourth-order valence-electron chi connectivity index (χ4n) is 2.29. The summed E-state index contributed by atoms with van der Waals surface area (Å²) in [5.41, 5.74) is 1.05. The number of halogens is 3. The summed E-state index contributed by atoms with van der Waals surface area (Å²) in [5.74, 6) is 0.765. The number of aryl methyl sites for hydroxylation is 1. The van der Waals surface area contributed by atoms with E-state index in [1.54, 1.807) is 6.92 Å². The maximum atomic E-state index is 12.6. The molecule has 1 N–H and O–H groups in total. The Bertz CT molecular complexity index is 734. The van der Waals surface area contributed by atoms with Crippen molar-refractivity contribution in [2.75, 3.05) is 5.75 Å². The number of carbonyl (C=O) groups excluding carboxylic acids is 1. The molecule has 0 aliphatic heterocycles. The Morgan fingerprint density at radius 3 is 2.58 bits per heavy atom. The van der Waals surface area contributed by atoms with Crippen molar-refractivity contribution in [3.8, 4) is 0 Å². The van der Waals surface area contributed by atoms with Crippen LogP contribution < -0.4 is 0 Å². The normalized spacial score (nSPS) is 12.2. The number of H-pyrrole nitrogens is 1. The molecule has 24 heavy (non-hydrogen) atoms. The van der Waals surface area contributed by atoms with Gasteiger partial charge in [-0.3, -0.25) is 9.89 Å².